The summed E-state index contributed by atoms with van der Waals surface area (Å²) in [5.41, 5.74) is 1.25. The van der Waals surface area contributed by atoms with E-state index in [1.165, 1.54) is 0 Å². The molecule has 136 valence electrons. The van der Waals surface area contributed by atoms with Gasteiger partial charge in [-0.3, -0.25) is 9.59 Å². The van der Waals surface area contributed by atoms with Crippen LogP contribution in [0.1, 0.15) is 42.6 Å². The van der Waals surface area contributed by atoms with Gasteiger partial charge < -0.3 is 15.3 Å². The fourth-order valence-corrected chi connectivity index (χ4v) is 3.02. The van der Waals surface area contributed by atoms with Gasteiger partial charge in [-0.2, -0.15) is 0 Å². The van der Waals surface area contributed by atoms with Gasteiger partial charge in [0.05, 0.1) is 5.56 Å². The van der Waals surface area contributed by atoms with Gasteiger partial charge in [-0.1, -0.05) is 26.0 Å². The smallest absolute Gasteiger partial charge is 0.335 e. The molecule has 0 spiro atoms. The number of nitrogens with one attached hydrogen (secondary N) is 1. The van der Waals surface area contributed by atoms with Gasteiger partial charge in [-0.15, -0.1) is 0 Å². The molecular formula is C19H26N2O4. The largest absolute Gasteiger partial charge is 0.478 e. The Bertz CT molecular complexity index is 617. The highest BCUT2D eigenvalue weighted by atomic mass is 16.4. The molecule has 1 aliphatic heterocycles. The van der Waals surface area contributed by atoms with Crippen LogP contribution in [0.2, 0.25) is 0 Å². The van der Waals surface area contributed by atoms with Crippen molar-refractivity contribution in [1.29, 1.82) is 0 Å². The van der Waals surface area contributed by atoms with Crippen molar-refractivity contribution in [3.8, 4) is 0 Å². The molecule has 6 nitrogen and oxygen atoms in total. The molecule has 0 unspecified atom stereocenters. The highest BCUT2D eigenvalue weighted by Crippen LogP contribution is 2.19. The maximum Gasteiger partial charge on any atom is 0.335 e. The maximum absolute atomic E-state index is 12.2. The molecule has 1 aromatic rings. The second-order valence-corrected chi connectivity index (χ2v) is 6.80. The highest BCUT2D eigenvalue weighted by molar-refractivity contribution is 5.87. The first-order valence-electron chi connectivity index (χ1n) is 8.77. The first-order chi connectivity index (χ1) is 11.9. The number of nitrogens with zero attached hydrogens (tertiary/aromatic N) is 1. The van der Waals surface area contributed by atoms with E-state index in [2.05, 4.69) is 5.32 Å². The fraction of sp³-hybridized carbons (Fsp3) is 0.526. The van der Waals surface area contributed by atoms with Crippen molar-refractivity contribution in [3.63, 3.8) is 0 Å². The summed E-state index contributed by atoms with van der Waals surface area (Å²) in [5, 5.41) is 11.8. The molecule has 0 saturated carbocycles. The van der Waals surface area contributed by atoms with Crippen LogP contribution in [0.25, 0.3) is 0 Å². The minimum absolute atomic E-state index is 0.00195. The molecule has 1 aliphatic rings. The van der Waals surface area contributed by atoms with E-state index in [9.17, 15) is 14.4 Å². The van der Waals surface area contributed by atoms with E-state index < -0.39 is 5.97 Å². The molecule has 0 aromatic heterocycles. The fourth-order valence-electron chi connectivity index (χ4n) is 3.02. The van der Waals surface area contributed by atoms with E-state index in [0.29, 0.717) is 38.9 Å². The number of carboxylic acids is 1. The highest BCUT2D eigenvalue weighted by Gasteiger charge is 2.27. The predicted octanol–water partition coefficient (Wildman–Crippen LogP) is 1.94. The van der Waals surface area contributed by atoms with Crippen molar-refractivity contribution in [2.45, 2.75) is 33.1 Å². The lowest BCUT2D eigenvalue weighted by Gasteiger charge is -2.32. The monoisotopic (exact) mass is 346 g/mol. The molecule has 25 heavy (non-hydrogen) atoms. The van der Waals surface area contributed by atoms with Gasteiger partial charge in [-0.25, -0.2) is 4.79 Å². The predicted molar refractivity (Wildman–Crippen MR) is 94.3 cm³/mol. The lowest BCUT2D eigenvalue weighted by molar-refractivity contribution is -0.138. The minimum atomic E-state index is -0.942. The van der Waals surface area contributed by atoms with Crippen LogP contribution in [-0.2, 0) is 16.0 Å². The molecule has 1 fully saturated rings. The second kappa shape index (κ2) is 8.65. The zero-order valence-corrected chi connectivity index (χ0v) is 14.8. The zero-order chi connectivity index (χ0) is 18.4. The molecule has 1 heterocycles. The van der Waals surface area contributed by atoms with Gasteiger partial charge in [0, 0.05) is 31.5 Å². The normalized spacial score (nSPS) is 15.2. The van der Waals surface area contributed by atoms with Gasteiger partial charge in [0.15, 0.2) is 0 Å². The van der Waals surface area contributed by atoms with Crippen LogP contribution in [0.4, 0.5) is 0 Å². The van der Waals surface area contributed by atoms with Crippen LogP contribution in [0, 0.1) is 11.8 Å². The molecule has 2 N–H and O–H groups in total. The Morgan fingerprint density at radius 2 is 1.76 bits per heavy atom. The van der Waals surface area contributed by atoms with Crippen molar-refractivity contribution in [3.05, 3.63) is 35.4 Å². The van der Waals surface area contributed by atoms with Gasteiger partial charge in [0.25, 0.3) is 0 Å². The third-order valence-corrected chi connectivity index (χ3v) is 4.59. The van der Waals surface area contributed by atoms with E-state index in [1.807, 2.05) is 18.7 Å². The lowest BCUT2D eigenvalue weighted by Crippen LogP contribution is -2.44. The Morgan fingerprint density at radius 1 is 1.16 bits per heavy atom. The molecule has 0 aliphatic carbocycles. The molecular weight excluding hydrogens is 320 g/mol. The Labute approximate surface area is 148 Å². The van der Waals surface area contributed by atoms with Gasteiger partial charge in [0.2, 0.25) is 11.8 Å². The number of carboxylic acid groups (broad SMARTS) is 1. The molecule has 6 heteroatoms. The first-order valence-corrected chi connectivity index (χ1v) is 8.77. The maximum atomic E-state index is 12.2. The van der Waals surface area contributed by atoms with E-state index in [0.717, 1.165) is 5.56 Å². The molecule has 0 atom stereocenters. The number of piperidine rings is 1. The molecule has 2 rings (SSSR count). The van der Waals surface area contributed by atoms with Gasteiger partial charge in [-0.05, 0) is 37.0 Å². The van der Waals surface area contributed by atoms with Crippen LogP contribution in [0.3, 0.4) is 0 Å². The number of likely N-dealkylation sites (tertiary alicyclic amines) is 1. The van der Waals surface area contributed by atoms with E-state index in [-0.39, 0.29) is 29.2 Å². The number of aromatic carboxylic acids is 1. The molecule has 1 aromatic carbocycles. The standard InChI is InChI=1S/C19H26N2O4/c1-13(2)18(23)21-11-8-15(9-12-21)17(22)20-10-7-14-3-5-16(6-4-14)19(24)25/h3-6,13,15H,7-12H2,1-2H3,(H,20,22)(H,24,25). The lowest BCUT2D eigenvalue weighted by atomic mass is 9.95. The van der Waals surface area contributed by atoms with E-state index in [4.69, 9.17) is 5.11 Å². The summed E-state index contributed by atoms with van der Waals surface area (Å²) in [6, 6.07) is 6.68. The van der Waals surface area contributed by atoms with Gasteiger partial charge in [0.1, 0.15) is 0 Å². The average molecular weight is 346 g/mol. The minimum Gasteiger partial charge on any atom is -0.478 e. The van der Waals surface area contributed by atoms with E-state index in [1.54, 1.807) is 24.3 Å². The Morgan fingerprint density at radius 3 is 2.28 bits per heavy atom. The van der Waals surface area contributed by atoms with Gasteiger partial charge >= 0.3 is 5.97 Å². The summed E-state index contributed by atoms with van der Waals surface area (Å²) in [6.07, 6.45) is 2.07. The number of hydrogen-bond donors (Lipinski definition) is 2. The molecule has 2 amide bonds. The van der Waals surface area contributed by atoms with Crippen molar-refractivity contribution in [2.75, 3.05) is 19.6 Å². The van der Waals surface area contributed by atoms with Crippen LogP contribution in [0.15, 0.2) is 24.3 Å². The summed E-state index contributed by atoms with van der Waals surface area (Å²) in [6.45, 7) is 5.60. The average Bonchev–Trinajstić information content (AvgIpc) is 2.61. The number of carbonyl (C=O) groups is 3. The summed E-state index contributed by atoms with van der Waals surface area (Å²) < 4.78 is 0. The van der Waals surface area contributed by atoms with Crippen LogP contribution in [0.5, 0.6) is 0 Å². The van der Waals surface area contributed by atoms with Crippen LogP contribution < -0.4 is 5.32 Å². The number of carbonyl (C=O) groups excluding carboxylic acids is 2. The van der Waals surface area contributed by atoms with Crippen molar-refractivity contribution >= 4 is 17.8 Å². The molecule has 0 bridgehead atoms. The summed E-state index contributed by atoms with van der Waals surface area (Å²) in [5.74, 6) is -0.784. The second-order valence-electron chi connectivity index (χ2n) is 6.80. The Hall–Kier alpha value is -2.37. The zero-order valence-electron chi connectivity index (χ0n) is 14.8. The SMILES string of the molecule is CC(C)C(=O)N1CCC(C(=O)NCCc2ccc(C(=O)O)cc2)CC1. The Kier molecular flexibility index (Phi) is 6.56. The number of amides is 2. The third-order valence-electron chi connectivity index (χ3n) is 4.59. The number of benzene rings is 1. The van der Waals surface area contributed by atoms with Crippen molar-refractivity contribution in [1.82, 2.24) is 10.2 Å². The Balaban J connectivity index is 1.72. The van der Waals surface area contributed by atoms with Crippen molar-refractivity contribution < 1.29 is 19.5 Å². The van der Waals surface area contributed by atoms with E-state index >= 15 is 0 Å². The number of hydrogen-bond acceptors (Lipinski definition) is 3. The van der Waals surface area contributed by atoms with Crippen LogP contribution in [-0.4, -0.2) is 47.4 Å². The first kappa shape index (κ1) is 19.0. The third kappa shape index (κ3) is 5.31. The summed E-state index contributed by atoms with van der Waals surface area (Å²) >= 11 is 0. The molecule has 0 radical (unpaired) electrons. The summed E-state index contributed by atoms with van der Waals surface area (Å²) in [7, 11) is 0. The van der Waals surface area contributed by atoms with Crippen molar-refractivity contribution in [2.24, 2.45) is 11.8 Å². The summed E-state index contributed by atoms with van der Waals surface area (Å²) in [4.78, 5) is 36.9. The quantitative estimate of drug-likeness (QED) is 0.824. The van der Waals surface area contributed by atoms with Crippen LogP contribution >= 0.6 is 0 Å². The topological polar surface area (TPSA) is 86.7 Å². The molecule has 1 saturated heterocycles. The number of rotatable bonds is 6.